The van der Waals surface area contributed by atoms with E-state index < -0.39 is 0 Å². The first kappa shape index (κ1) is 11.2. The third-order valence-corrected chi connectivity index (χ3v) is 2.98. The maximum absolute atomic E-state index is 5.74. The van der Waals surface area contributed by atoms with E-state index in [0.29, 0.717) is 6.04 Å². The monoisotopic (exact) mass is 212 g/mol. The lowest BCUT2D eigenvalue weighted by molar-refractivity contribution is 0.598. The van der Waals surface area contributed by atoms with E-state index in [1.807, 2.05) is 6.07 Å². The third kappa shape index (κ3) is 1.80. The molecule has 0 amide bonds. The molecule has 2 nitrogen and oxygen atoms in total. The van der Waals surface area contributed by atoms with E-state index in [1.54, 1.807) is 0 Å². The van der Waals surface area contributed by atoms with Gasteiger partial charge in [0.15, 0.2) is 0 Å². The van der Waals surface area contributed by atoms with Crippen LogP contribution in [0.2, 0.25) is 0 Å². The Morgan fingerprint density at radius 3 is 2.86 bits per heavy atom. The molecule has 1 aliphatic heterocycles. The molecule has 3 heteroatoms. The molecule has 1 unspecified atom stereocenters. The van der Waals surface area contributed by atoms with Crippen LogP contribution < -0.4 is 10.6 Å². The van der Waals surface area contributed by atoms with Gasteiger partial charge in [0.25, 0.3) is 0 Å². The predicted octanol–water partition coefficient (Wildman–Crippen LogP) is 2.46. The molecule has 0 aromatic heterocycles. The smallest absolute Gasteiger partial charge is 0.0400 e. The Balaban J connectivity index is 0.000000980. The molecule has 0 radical (unpaired) electrons. The molecule has 1 heterocycles. The second kappa shape index (κ2) is 4.09. The molecule has 2 N–H and O–H groups in total. The van der Waals surface area contributed by atoms with Crippen LogP contribution in [0.1, 0.15) is 18.9 Å². The summed E-state index contributed by atoms with van der Waals surface area (Å²) in [5.41, 5.74) is 9.35. The Hall–Kier alpha value is -0.890. The minimum absolute atomic E-state index is 0. The highest BCUT2D eigenvalue weighted by molar-refractivity contribution is 5.85. The maximum Gasteiger partial charge on any atom is 0.0400 e. The second-order valence-electron chi connectivity index (χ2n) is 3.89. The van der Waals surface area contributed by atoms with Crippen molar-refractivity contribution in [2.24, 2.45) is 0 Å². The van der Waals surface area contributed by atoms with Crippen molar-refractivity contribution in [1.29, 1.82) is 0 Å². The van der Waals surface area contributed by atoms with E-state index in [9.17, 15) is 0 Å². The average Bonchev–Trinajstić information content (AvgIpc) is 2.12. The minimum atomic E-state index is 0. The third-order valence-electron chi connectivity index (χ3n) is 2.98. The first-order chi connectivity index (χ1) is 6.18. The summed E-state index contributed by atoms with van der Waals surface area (Å²) in [5, 5.41) is 0. The SMILES string of the molecule is CC1CCc2cc(N)ccc2N1C.Cl. The van der Waals surface area contributed by atoms with Crippen molar-refractivity contribution in [3.8, 4) is 0 Å². The summed E-state index contributed by atoms with van der Waals surface area (Å²) in [4.78, 5) is 2.33. The van der Waals surface area contributed by atoms with Gasteiger partial charge in [0, 0.05) is 24.5 Å². The van der Waals surface area contributed by atoms with Crippen LogP contribution in [-0.4, -0.2) is 13.1 Å². The summed E-state index contributed by atoms with van der Waals surface area (Å²) in [7, 11) is 2.15. The molecule has 1 aliphatic rings. The van der Waals surface area contributed by atoms with E-state index >= 15 is 0 Å². The minimum Gasteiger partial charge on any atom is -0.399 e. The fourth-order valence-corrected chi connectivity index (χ4v) is 1.95. The molecule has 2 rings (SSSR count). The molecular weight excluding hydrogens is 196 g/mol. The lowest BCUT2D eigenvalue weighted by Crippen LogP contribution is -2.33. The molecule has 1 aromatic rings. The summed E-state index contributed by atoms with van der Waals surface area (Å²) < 4.78 is 0. The average molecular weight is 213 g/mol. The first-order valence-electron chi connectivity index (χ1n) is 4.79. The zero-order chi connectivity index (χ0) is 9.42. The number of rotatable bonds is 0. The summed E-state index contributed by atoms with van der Waals surface area (Å²) in [5.74, 6) is 0. The van der Waals surface area contributed by atoms with Crippen molar-refractivity contribution in [2.75, 3.05) is 17.7 Å². The molecule has 0 fully saturated rings. The molecule has 1 atom stereocenters. The Bertz CT molecular complexity index is 325. The normalized spacial score (nSPS) is 19.9. The molecule has 0 saturated heterocycles. The highest BCUT2D eigenvalue weighted by Gasteiger charge is 2.19. The summed E-state index contributed by atoms with van der Waals surface area (Å²) in [6.07, 6.45) is 2.39. The molecule has 0 saturated carbocycles. The van der Waals surface area contributed by atoms with Crippen LogP contribution in [-0.2, 0) is 6.42 Å². The standard InChI is InChI=1S/C11H16N2.ClH/c1-8-3-4-9-7-10(12)5-6-11(9)13(8)2;/h5-8H,3-4,12H2,1-2H3;1H. The first-order valence-corrected chi connectivity index (χ1v) is 4.79. The van der Waals surface area contributed by atoms with Crippen molar-refractivity contribution in [1.82, 2.24) is 0 Å². The number of nitrogen functional groups attached to an aromatic ring is 1. The zero-order valence-corrected chi connectivity index (χ0v) is 9.47. The number of fused-ring (bicyclic) bond motifs is 1. The van der Waals surface area contributed by atoms with E-state index in [4.69, 9.17) is 5.73 Å². The fraction of sp³-hybridized carbons (Fsp3) is 0.455. The lowest BCUT2D eigenvalue weighted by atomic mass is 9.97. The number of nitrogens with zero attached hydrogens (tertiary/aromatic N) is 1. The van der Waals surface area contributed by atoms with Gasteiger partial charge in [-0.05, 0) is 43.5 Å². The van der Waals surface area contributed by atoms with Gasteiger partial charge in [-0.1, -0.05) is 0 Å². The number of hydrogen-bond acceptors (Lipinski definition) is 2. The molecule has 14 heavy (non-hydrogen) atoms. The van der Waals surface area contributed by atoms with E-state index in [0.717, 1.165) is 12.1 Å². The van der Waals surface area contributed by atoms with Crippen molar-refractivity contribution in [3.63, 3.8) is 0 Å². The number of anilines is 2. The lowest BCUT2D eigenvalue weighted by Gasteiger charge is -2.33. The van der Waals surface area contributed by atoms with Gasteiger partial charge in [0.1, 0.15) is 0 Å². The van der Waals surface area contributed by atoms with E-state index in [2.05, 4.69) is 31.0 Å². The van der Waals surface area contributed by atoms with Crippen molar-refractivity contribution < 1.29 is 0 Å². The van der Waals surface area contributed by atoms with Gasteiger partial charge >= 0.3 is 0 Å². The highest BCUT2D eigenvalue weighted by atomic mass is 35.5. The Labute approximate surface area is 91.5 Å². The van der Waals surface area contributed by atoms with Crippen LogP contribution in [0, 0.1) is 0 Å². The number of hydrogen-bond donors (Lipinski definition) is 1. The molecule has 78 valence electrons. The molecular formula is C11H17ClN2. The number of nitrogens with two attached hydrogens (primary N) is 1. The van der Waals surface area contributed by atoms with Crippen molar-refractivity contribution >= 4 is 23.8 Å². The predicted molar refractivity (Wildman–Crippen MR) is 64.3 cm³/mol. The van der Waals surface area contributed by atoms with Crippen LogP contribution in [0.25, 0.3) is 0 Å². The number of halogens is 1. The van der Waals surface area contributed by atoms with Crippen molar-refractivity contribution in [2.45, 2.75) is 25.8 Å². The van der Waals surface area contributed by atoms with Gasteiger partial charge in [-0.2, -0.15) is 0 Å². The maximum atomic E-state index is 5.74. The van der Waals surface area contributed by atoms with Gasteiger partial charge in [0.05, 0.1) is 0 Å². The highest BCUT2D eigenvalue weighted by Crippen LogP contribution is 2.30. The van der Waals surface area contributed by atoms with Gasteiger partial charge in [-0.3, -0.25) is 0 Å². The molecule has 1 aromatic carbocycles. The van der Waals surface area contributed by atoms with Gasteiger partial charge in [0.2, 0.25) is 0 Å². The van der Waals surface area contributed by atoms with Crippen LogP contribution >= 0.6 is 12.4 Å². The van der Waals surface area contributed by atoms with Crippen LogP contribution in [0.15, 0.2) is 18.2 Å². The Morgan fingerprint density at radius 2 is 2.14 bits per heavy atom. The van der Waals surface area contributed by atoms with Gasteiger partial charge < -0.3 is 10.6 Å². The van der Waals surface area contributed by atoms with Gasteiger partial charge in [-0.25, -0.2) is 0 Å². The van der Waals surface area contributed by atoms with E-state index in [-0.39, 0.29) is 12.4 Å². The molecule has 0 spiro atoms. The van der Waals surface area contributed by atoms with Crippen molar-refractivity contribution in [3.05, 3.63) is 23.8 Å². The largest absolute Gasteiger partial charge is 0.399 e. The van der Waals surface area contributed by atoms with Gasteiger partial charge in [-0.15, -0.1) is 12.4 Å². The summed E-state index contributed by atoms with van der Waals surface area (Å²) in [6, 6.07) is 6.85. The quantitative estimate of drug-likeness (QED) is 0.670. The Kier molecular flexibility index (Phi) is 3.27. The van der Waals surface area contributed by atoms with Crippen LogP contribution in [0.4, 0.5) is 11.4 Å². The van der Waals surface area contributed by atoms with E-state index in [1.165, 1.54) is 17.7 Å². The van der Waals surface area contributed by atoms with Crippen LogP contribution in [0.5, 0.6) is 0 Å². The summed E-state index contributed by atoms with van der Waals surface area (Å²) >= 11 is 0. The number of benzene rings is 1. The topological polar surface area (TPSA) is 29.3 Å². The molecule has 0 bridgehead atoms. The Morgan fingerprint density at radius 1 is 1.43 bits per heavy atom. The van der Waals surface area contributed by atoms with Crippen LogP contribution in [0.3, 0.4) is 0 Å². The second-order valence-corrected chi connectivity index (χ2v) is 3.89. The zero-order valence-electron chi connectivity index (χ0n) is 8.66. The molecule has 0 aliphatic carbocycles. The fourth-order valence-electron chi connectivity index (χ4n) is 1.95. The summed E-state index contributed by atoms with van der Waals surface area (Å²) in [6.45, 7) is 2.26. The number of aryl methyl sites for hydroxylation is 1.